The van der Waals surface area contributed by atoms with Crippen LogP contribution in [0.25, 0.3) is 10.2 Å². The summed E-state index contributed by atoms with van der Waals surface area (Å²) in [6, 6.07) is 6.25. The fourth-order valence-electron chi connectivity index (χ4n) is 6.66. The van der Waals surface area contributed by atoms with Gasteiger partial charge in [0.25, 0.3) is 0 Å². The third-order valence-corrected chi connectivity index (χ3v) is 9.82. The minimum absolute atomic E-state index is 0.179. The molecule has 10 heteroatoms. The number of methoxy groups -OCH3 is 1. The third kappa shape index (κ3) is 4.60. The maximum atomic E-state index is 12.1. The lowest BCUT2D eigenvalue weighted by atomic mass is 9.92. The lowest BCUT2D eigenvalue weighted by Gasteiger charge is -2.38. The fraction of sp³-hybridized carbons (Fsp3) is 0.586. The molecule has 2 aromatic heterocycles. The molecule has 1 unspecified atom stereocenters. The molecule has 3 aliphatic heterocycles. The Kier molecular flexibility index (Phi) is 6.53. The van der Waals surface area contributed by atoms with E-state index in [0.29, 0.717) is 47.2 Å². The number of hydrogen-bond acceptors (Lipinski definition) is 10. The number of nitriles is 1. The number of aromatic nitrogens is 2. The Balaban J connectivity index is 1.08. The molecule has 0 spiro atoms. The van der Waals surface area contributed by atoms with Crippen molar-refractivity contribution in [2.24, 2.45) is 0 Å². The van der Waals surface area contributed by atoms with Gasteiger partial charge in [0.2, 0.25) is 0 Å². The average molecular weight is 549 g/mol. The molecule has 3 atom stereocenters. The molecular weight excluding hydrogens is 516 g/mol. The summed E-state index contributed by atoms with van der Waals surface area (Å²) < 4.78 is 23.8. The van der Waals surface area contributed by atoms with Crippen LogP contribution in [-0.2, 0) is 20.8 Å². The van der Waals surface area contributed by atoms with E-state index in [0.717, 1.165) is 73.0 Å². The van der Waals surface area contributed by atoms with Crippen molar-refractivity contribution < 1.29 is 23.5 Å². The number of nitrogens with zero attached hydrogens (tertiary/aromatic N) is 4. The van der Waals surface area contributed by atoms with E-state index in [9.17, 15) is 10.1 Å². The first-order valence-corrected chi connectivity index (χ1v) is 14.8. The molecule has 4 aliphatic rings. The minimum atomic E-state index is -0.445. The van der Waals surface area contributed by atoms with Gasteiger partial charge >= 0.3 is 5.97 Å². The van der Waals surface area contributed by atoms with Crippen molar-refractivity contribution >= 4 is 32.7 Å². The number of hydrogen-bond donors (Lipinski definition) is 0. The van der Waals surface area contributed by atoms with Crippen molar-refractivity contribution in [3.8, 4) is 6.07 Å². The second-order valence-corrected chi connectivity index (χ2v) is 12.2. The van der Waals surface area contributed by atoms with E-state index in [1.807, 2.05) is 0 Å². The van der Waals surface area contributed by atoms with Crippen LogP contribution in [0.3, 0.4) is 0 Å². The number of esters is 1. The highest BCUT2D eigenvalue weighted by atomic mass is 32.1. The van der Waals surface area contributed by atoms with Crippen LogP contribution in [0.2, 0.25) is 0 Å². The zero-order valence-corrected chi connectivity index (χ0v) is 22.9. The molecule has 1 aliphatic carbocycles. The van der Waals surface area contributed by atoms with Gasteiger partial charge in [-0.2, -0.15) is 5.26 Å². The zero-order chi connectivity index (χ0) is 26.5. The molecule has 4 fully saturated rings. The van der Waals surface area contributed by atoms with Crippen molar-refractivity contribution in [3.63, 3.8) is 0 Å². The summed E-state index contributed by atoms with van der Waals surface area (Å²) in [5, 5.41) is 15.2. The zero-order valence-electron chi connectivity index (χ0n) is 22.1. The summed E-state index contributed by atoms with van der Waals surface area (Å²) in [5.74, 6) is 1.49. The first-order chi connectivity index (χ1) is 19.1. The molecule has 7 rings (SSSR count). The van der Waals surface area contributed by atoms with Crippen LogP contribution in [-0.4, -0.2) is 54.6 Å². The number of thiazole rings is 1. The second kappa shape index (κ2) is 10.2. The molecule has 9 nitrogen and oxygen atoms in total. The maximum absolute atomic E-state index is 12.1. The van der Waals surface area contributed by atoms with E-state index in [2.05, 4.69) is 16.1 Å². The van der Waals surface area contributed by atoms with Crippen LogP contribution in [0, 0.1) is 11.3 Å². The minimum Gasteiger partial charge on any atom is -0.465 e. The normalized spacial score (nSPS) is 25.2. The van der Waals surface area contributed by atoms with Gasteiger partial charge in [0.15, 0.2) is 5.13 Å². The van der Waals surface area contributed by atoms with Crippen LogP contribution in [0.1, 0.15) is 96.1 Å². The smallest absolute Gasteiger partial charge is 0.337 e. The Hall–Kier alpha value is -3.00. The predicted molar refractivity (Wildman–Crippen MR) is 144 cm³/mol. The van der Waals surface area contributed by atoms with Gasteiger partial charge in [-0.25, -0.2) is 9.78 Å². The van der Waals surface area contributed by atoms with E-state index in [1.54, 1.807) is 23.5 Å². The predicted octanol–water partition coefficient (Wildman–Crippen LogP) is 5.43. The van der Waals surface area contributed by atoms with Gasteiger partial charge in [-0.05, 0) is 63.5 Å². The van der Waals surface area contributed by atoms with Gasteiger partial charge in [0.05, 0.1) is 41.3 Å². The monoisotopic (exact) mass is 548 g/mol. The van der Waals surface area contributed by atoms with Crippen molar-refractivity contribution in [1.29, 1.82) is 5.26 Å². The number of ether oxygens (including phenoxy) is 3. The second-order valence-electron chi connectivity index (χ2n) is 11.2. The topological polar surface area (TPSA) is 111 Å². The van der Waals surface area contributed by atoms with Crippen molar-refractivity contribution in [1.82, 2.24) is 10.1 Å². The fourth-order valence-corrected chi connectivity index (χ4v) is 7.84. The molecule has 204 valence electrons. The van der Waals surface area contributed by atoms with Crippen molar-refractivity contribution in [2.75, 3.05) is 25.2 Å². The summed E-state index contributed by atoms with van der Waals surface area (Å²) >= 11 is 1.55. The first-order valence-electron chi connectivity index (χ1n) is 14.0. The first kappa shape index (κ1) is 25.0. The Morgan fingerprint density at radius 2 is 1.90 bits per heavy atom. The molecule has 1 aromatic carbocycles. The number of anilines is 1. The molecule has 39 heavy (non-hydrogen) atoms. The quantitative estimate of drug-likeness (QED) is 0.357. The van der Waals surface area contributed by atoms with Crippen LogP contribution in [0.4, 0.5) is 5.13 Å². The lowest BCUT2D eigenvalue weighted by Crippen LogP contribution is -2.45. The molecule has 0 N–H and O–H groups in total. The van der Waals surface area contributed by atoms with Gasteiger partial charge in [-0.3, -0.25) is 0 Å². The molecule has 2 bridgehead atoms. The molecule has 0 amide bonds. The summed E-state index contributed by atoms with van der Waals surface area (Å²) in [6.45, 7) is 2.13. The van der Waals surface area contributed by atoms with E-state index in [-0.39, 0.29) is 6.10 Å². The third-order valence-electron chi connectivity index (χ3n) is 8.80. The Bertz CT molecular complexity index is 1420. The SMILES string of the molecule is COC(=O)c1cc(C#N)c2nc(N3[C@@H]4CC[C@H]3CC(OCc3c(C5CCOCC5)noc3C3CC3)C4)sc2c1. The van der Waals surface area contributed by atoms with E-state index in [4.69, 9.17) is 23.7 Å². The summed E-state index contributed by atoms with van der Waals surface area (Å²) in [6.07, 6.45) is 8.61. The van der Waals surface area contributed by atoms with E-state index < -0.39 is 5.97 Å². The highest BCUT2D eigenvalue weighted by Crippen LogP contribution is 2.46. The standard InChI is InChI=1S/C29H32N4O5S/c1-35-28(34)18-10-19(14-30)26-24(11-18)39-29(31-26)33-20-4-5-21(33)13-22(12-20)37-15-23-25(16-6-8-36-9-7-16)32-38-27(23)17-2-3-17/h10-11,16-17,20-22H,2-9,12-13,15H2,1H3/t20-,21+,22?. The molecular formula is C29H32N4O5S. The number of rotatable bonds is 7. The van der Waals surface area contributed by atoms with Gasteiger partial charge < -0.3 is 23.6 Å². The van der Waals surface area contributed by atoms with Crippen LogP contribution in [0.15, 0.2) is 16.7 Å². The summed E-state index contributed by atoms with van der Waals surface area (Å²) in [5.41, 5.74) is 3.72. The number of fused-ring (bicyclic) bond motifs is 3. The Labute approximate surface area is 231 Å². The Morgan fingerprint density at radius 1 is 1.13 bits per heavy atom. The van der Waals surface area contributed by atoms with Crippen LogP contribution in [0.5, 0.6) is 0 Å². The van der Waals surface area contributed by atoms with Crippen LogP contribution < -0.4 is 4.90 Å². The van der Waals surface area contributed by atoms with Crippen molar-refractivity contribution in [2.45, 2.75) is 88.0 Å². The summed E-state index contributed by atoms with van der Waals surface area (Å²) in [4.78, 5) is 19.4. The molecule has 3 aromatic rings. The van der Waals surface area contributed by atoms with Crippen LogP contribution >= 0.6 is 11.3 Å². The number of carbonyl (C=O) groups is 1. The average Bonchev–Trinajstić information content (AvgIpc) is 3.48. The highest BCUT2D eigenvalue weighted by Gasteiger charge is 2.43. The largest absolute Gasteiger partial charge is 0.465 e. The van der Waals surface area contributed by atoms with E-state index in [1.165, 1.54) is 25.5 Å². The van der Waals surface area contributed by atoms with E-state index >= 15 is 0 Å². The maximum Gasteiger partial charge on any atom is 0.337 e. The number of benzene rings is 1. The Morgan fingerprint density at radius 3 is 2.59 bits per heavy atom. The van der Waals surface area contributed by atoms with Gasteiger partial charge in [0.1, 0.15) is 17.3 Å². The van der Waals surface area contributed by atoms with Gasteiger partial charge in [-0.15, -0.1) is 0 Å². The number of carbonyl (C=O) groups excluding carboxylic acids is 1. The van der Waals surface area contributed by atoms with Gasteiger partial charge in [-0.1, -0.05) is 16.5 Å². The van der Waals surface area contributed by atoms with Gasteiger partial charge in [0, 0.05) is 42.7 Å². The molecule has 1 saturated carbocycles. The van der Waals surface area contributed by atoms with Crippen molar-refractivity contribution in [3.05, 3.63) is 40.3 Å². The highest BCUT2D eigenvalue weighted by molar-refractivity contribution is 7.22. The molecule has 5 heterocycles. The molecule has 3 saturated heterocycles. The number of piperidine rings is 1. The molecule has 0 radical (unpaired) electrons. The lowest BCUT2D eigenvalue weighted by molar-refractivity contribution is 0.0137. The summed E-state index contributed by atoms with van der Waals surface area (Å²) in [7, 11) is 1.35.